The first kappa shape index (κ1) is 57.8. The van der Waals surface area contributed by atoms with Gasteiger partial charge in [0.25, 0.3) is 0 Å². The number of rotatable bonds is 11. The number of allylic oxidation sites excluding steroid dienone is 2. The maximum Gasteiger partial charge on any atom is 0.315 e. The average molecular weight is 1070 g/mol. The highest BCUT2D eigenvalue weighted by Gasteiger charge is 2.71. The van der Waals surface area contributed by atoms with Gasteiger partial charge in [-0.05, 0) is 111 Å². The Labute approximate surface area is 437 Å². The first-order valence-electron chi connectivity index (χ1n) is 27.1. The number of aliphatic hydroxyl groups excluding tert-OH is 12. The molecule has 0 radical (unpaired) electrons. The molecular weight excluding hydrogens is 989 g/mol. The van der Waals surface area contributed by atoms with Gasteiger partial charge in [0.1, 0.15) is 91.7 Å². The minimum Gasteiger partial charge on any atom is -0.432 e. The summed E-state index contributed by atoms with van der Waals surface area (Å²) < 4.78 is 47.7. The molecule has 4 saturated heterocycles. The van der Waals surface area contributed by atoms with Crippen molar-refractivity contribution in [1.29, 1.82) is 0 Å². The summed E-state index contributed by atoms with van der Waals surface area (Å²) in [6, 6.07) is 0. The molecule has 4 aliphatic heterocycles. The monoisotopic (exact) mass is 1070 g/mol. The minimum absolute atomic E-state index is 0.0923. The fourth-order valence-electron chi connectivity index (χ4n) is 16.0. The summed E-state index contributed by atoms with van der Waals surface area (Å²) in [5.74, 6) is -0.963. The van der Waals surface area contributed by atoms with Crippen LogP contribution in [0.4, 0.5) is 0 Å². The van der Waals surface area contributed by atoms with Crippen LogP contribution in [-0.4, -0.2) is 216 Å². The highest BCUT2D eigenvalue weighted by atomic mass is 16.8. The quantitative estimate of drug-likeness (QED) is 0.0501. The van der Waals surface area contributed by atoms with Gasteiger partial charge in [0.05, 0.1) is 42.9 Å². The van der Waals surface area contributed by atoms with E-state index >= 15 is 4.79 Å². The molecule has 0 unspecified atom stereocenters. The van der Waals surface area contributed by atoms with E-state index in [1.165, 1.54) is 12.5 Å². The van der Waals surface area contributed by atoms with Gasteiger partial charge in [0, 0.05) is 0 Å². The number of carbonyl (C=O) groups is 2. The first-order chi connectivity index (χ1) is 35.2. The molecular formula is C53H84O22. The summed E-state index contributed by atoms with van der Waals surface area (Å²) in [5.41, 5.74) is -2.18. The van der Waals surface area contributed by atoms with Crippen LogP contribution in [0.3, 0.4) is 0 Å². The van der Waals surface area contributed by atoms with Crippen LogP contribution in [-0.2, 0) is 47.5 Å². The fraction of sp³-hybridized carbons (Fsp3) is 0.925. The lowest BCUT2D eigenvalue weighted by atomic mass is 9.33. The van der Waals surface area contributed by atoms with Gasteiger partial charge in [-0.1, -0.05) is 53.2 Å². The number of aldehydes is 1. The van der Waals surface area contributed by atoms with Crippen LogP contribution in [0.25, 0.3) is 0 Å². The second kappa shape index (κ2) is 20.9. The lowest BCUT2D eigenvalue weighted by Gasteiger charge is -2.71. The Hall–Kier alpha value is -1.88. The molecule has 75 heavy (non-hydrogen) atoms. The Kier molecular flexibility index (Phi) is 16.1. The molecule has 22 nitrogen and oxygen atoms in total. The highest BCUT2D eigenvalue weighted by molar-refractivity contribution is 5.79. The van der Waals surface area contributed by atoms with Gasteiger partial charge in [-0.25, -0.2) is 0 Å². The van der Waals surface area contributed by atoms with E-state index in [9.17, 15) is 66.1 Å². The summed E-state index contributed by atoms with van der Waals surface area (Å²) in [6.07, 6.45) is -21.1. The van der Waals surface area contributed by atoms with Crippen LogP contribution < -0.4 is 0 Å². The van der Waals surface area contributed by atoms with Crippen molar-refractivity contribution in [2.24, 2.45) is 50.2 Å². The van der Waals surface area contributed by atoms with E-state index in [2.05, 4.69) is 40.7 Å². The Morgan fingerprint density at radius 3 is 1.92 bits per heavy atom. The molecule has 0 amide bonds. The second-order valence-corrected chi connectivity index (χ2v) is 25.5. The summed E-state index contributed by atoms with van der Waals surface area (Å²) in [5, 5.41) is 128. The Balaban J connectivity index is 0.952. The minimum atomic E-state index is -1.88. The number of fused-ring (bicyclic) bond motifs is 7. The zero-order valence-corrected chi connectivity index (χ0v) is 44.1. The normalized spacial score (nSPS) is 54.8. The highest BCUT2D eigenvalue weighted by Crippen LogP contribution is 2.76. The van der Waals surface area contributed by atoms with Crippen molar-refractivity contribution < 1.29 is 109 Å². The second-order valence-electron chi connectivity index (χ2n) is 25.5. The van der Waals surface area contributed by atoms with Crippen LogP contribution in [0.15, 0.2) is 11.6 Å². The molecule has 4 saturated carbocycles. The standard InChI is InChI=1S/C53H84O22/c1-23-32(58)36(62)38(64)43(69-23)74-42-33(59)26(57)21-68-46(42)72-31-11-12-49(4)29(50(31,5)22-56)10-13-52(7)30(49)9-8-24-25-18-48(2,3)14-16-53(25,17-15-51(24,52)6)47(67)75-45-40(66)41(35(61)28(20-55)71-45)73-44-39(65)37(63)34(60)27(19-54)70-44/h8,22-23,25-46,54-55,57-66H,9-21H2,1-7H3/t23-,25-,26-,27+,28+,29+,30+,31-,32-,33-,34+,35+,36+,37-,38+,39+,40+,41-,42+,43-,44-,45-,46-,49-,50-,51+,52+,53-/m0/s1. The zero-order valence-electron chi connectivity index (χ0n) is 44.1. The van der Waals surface area contributed by atoms with E-state index in [1.54, 1.807) is 0 Å². The molecule has 9 aliphatic rings. The third-order valence-corrected chi connectivity index (χ3v) is 21.0. The summed E-state index contributed by atoms with van der Waals surface area (Å²) in [4.78, 5) is 28.9. The number of carbonyl (C=O) groups excluding carboxylic acids is 2. The number of esters is 1. The fourth-order valence-corrected chi connectivity index (χ4v) is 16.0. The third-order valence-electron chi connectivity index (χ3n) is 21.0. The third kappa shape index (κ3) is 9.31. The van der Waals surface area contributed by atoms with Gasteiger partial charge in [0.2, 0.25) is 6.29 Å². The number of hydrogen-bond donors (Lipinski definition) is 12. The Morgan fingerprint density at radius 1 is 0.640 bits per heavy atom. The van der Waals surface area contributed by atoms with E-state index in [0.717, 1.165) is 12.7 Å². The molecule has 0 spiro atoms. The van der Waals surface area contributed by atoms with Gasteiger partial charge in [-0.15, -0.1) is 0 Å². The lowest BCUT2D eigenvalue weighted by molar-refractivity contribution is -0.363. The van der Waals surface area contributed by atoms with Crippen molar-refractivity contribution in [3.8, 4) is 0 Å². The number of aliphatic hydroxyl groups is 12. The lowest BCUT2D eigenvalue weighted by Crippen LogP contribution is -2.67. The number of hydrogen-bond acceptors (Lipinski definition) is 22. The van der Waals surface area contributed by atoms with Crippen LogP contribution in [0.5, 0.6) is 0 Å². The maximum atomic E-state index is 15.1. The van der Waals surface area contributed by atoms with Crippen molar-refractivity contribution in [1.82, 2.24) is 0 Å². The Morgan fingerprint density at radius 2 is 1.25 bits per heavy atom. The van der Waals surface area contributed by atoms with E-state index in [-0.39, 0.29) is 40.6 Å². The molecule has 9 rings (SSSR count). The SMILES string of the molecule is C[C@@H]1O[C@@H](O[C@H]2[C@H](O[C@H]3CC[C@]4(C)[C@H]5CC=C6[C@@H]7CC(C)(C)CC[C@]7(C(=O)O[C@@H]7O[C@H](CO)[C@@H](O)[C@H](O[C@@H]8O[C@H](CO)[C@@H](O)[C@H](O)[C@H]8O)[C@H]7O)CC[C@@]6(C)[C@]5(C)CC[C@H]4[C@]3(C)C=O)OC[C@H](O)[C@@H]2O)[C@H](O)[C@H](O)[C@H]1O. The zero-order chi connectivity index (χ0) is 54.7. The molecule has 428 valence electrons. The van der Waals surface area contributed by atoms with Crippen molar-refractivity contribution in [3.63, 3.8) is 0 Å². The van der Waals surface area contributed by atoms with Crippen molar-refractivity contribution in [3.05, 3.63) is 11.6 Å². The molecule has 28 atom stereocenters. The average Bonchev–Trinajstić information content (AvgIpc) is 3.44. The van der Waals surface area contributed by atoms with Gasteiger partial charge in [0.15, 0.2) is 18.9 Å². The molecule has 5 aliphatic carbocycles. The molecule has 4 heterocycles. The molecule has 0 aromatic carbocycles. The van der Waals surface area contributed by atoms with Crippen LogP contribution in [0.1, 0.15) is 113 Å². The van der Waals surface area contributed by atoms with Crippen LogP contribution >= 0.6 is 0 Å². The van der Waals surface area contributed by atoms with E-state index in [0.29, 0.717) is 57.8 Å². The summed E-state index contributed by atoms with van der Waals surface area (Å²) >= 11 is 0. The summed E-state index contributed by atoms with van der Waals surface area (Å²) in [6.45, 7) is 12.9. The van der Waals surface area contributed by atoms with Crippen molar-refractivity contribution in [2.75, 3.05) is 19.8 Å². The summed E-state index contributed by atoms with van der Waals surface area (Å²) in [7, 11) is 0. The topological polar surface area (TPSA) is 351 Å². The van der Waals surface area contributed by atoms with E-state index in [4.69, 9.17) is 37.9 Å². The number of ether oxygens (including phenoxy) is 8. The molecule has 0 aromatic heterocycles. The predicted octanol–water partition coefficient (Wildman–Crippen LogP) is -1.19. The molecule has 8 fully saturated rings. The van der Waals surface area contributed by atoms with Gasteiger partial charge < -0.3 is 104 Å². The predicted molar refractivity (Wildman–Crippen MR) is 256 cm³/mol. The largest absolute Gasteiger partial charge is 0.432 e. The van der Waals surface area contributed by atoms with Gasteiger partial charge >= 0.3 is 5.97 Å². The van der Waals surface area contributed by atoms with Crippen molar-refractivity contribution in [2.45, 2.75) is 235 Å². The van der Waals surface area contributed by atoms with E-state index < -0.39 is 158 Å². The Bertz CT molecular complexity index is 2100. The van der Waals surface area contributed by atoms with Crippen molar-refractivity contribution >= 4 is 12.3 Å². The molecule has 0 aromatic rings. The molecule has 0 bridgehead atoms. The first-order valence-corrected chi connectivity index (χ1v) is 27.1. The smallest absolute Gasteiger partial charge is 0.315 e. The van der Waals surface area contributed by atoms with E-state index in [1.807, 2.05) is 6.92 Å². The molecule has 12 N–H and O–H groups in total. The van der Waals surface area contributed by atoms with Crippen LogP contribution in [0, 0.1) is 50.2 Å². The maximum absolute atomic E-state index is 15.1. The van der Waals surface area contributed by atoms with Gasteiger partial charge in [-0.2, -0.15) is 0 Å². The molecule has 22 heteroatoms. The van der Waals surface area contributed by atoms with Crippen LogP contribution in [0.2, 0.25) is 0 Å². The van der Waals surface area contributed by atoms with Gasteiger partial charge in [-0.3, -0.25) is 4.79 Å².